The lowest BCUT2D eigenvalue weighted by Crippen LogP contribution is -2.38. The Morgan fingerprint density at radius 3 is 2.96 bits per heavy atom. The van der Waals surface area contributed by atoms with Crippen LogP contribution in [0.5, 0.6) is 0 Å². The zero-order chi connectivity index (χ0) is 19.0. The van der Waals surface area contributed by atoms with Crippen LogP contribution in [0.2, 0.25) is 0 Å². The first-order valence-corrected chi connectivity index (χ1v) is 9.25. The van der Waals surface area contributed by atoms with Crippen LogP contribution in [0.3, 0.4) is 0 Å². The van der Waals surface area contributed by atoms with Crippen molar-refractivity contribution in [2.75, 3.05) is 19.7 Å². The first kappa shape index (κ1) is 17.7. The van der Waals surface area contributed by atoms with Gasteiger partial charge in [-0.2, -0.15) is 10.2 Å². The van der Waals surface area contributed by atoms with Crippen LogP contribution in [0.15, 0.2) is 24.5 Å². The van der Waals surface area contributed by atoms with Gasteiger partial charge in [0.2, 0.25) is 0 Å². The zero-order valence-corrected chi connectivity index (χ0v) is 15.9. The molecule has 1 saturated heterocycles. The minimum Gasteiger partial charge on any atom is -0.374 e. The van der Waals surface area contributed by atoms with Crippen molar-refractivity contribution >= 4 is 11.6 Å². The molecule has 8 heteroatoms. The van der Waals surface area contributed by atoms with Crippen LogP contribution >= 0.6 is 0 Å². The minimum absolute atomic E-state index is 0.0315. The summed E-state index contributed by atoms with van der Waals surface area (Å²) in [6.07, 6.45) is 4.38. The number of carbonyl (C=O) groups is 1. The lowest BCUT2D eigenvalue weighted by Gasteiger charge is -2.24. The van der Waals surface area contributed by atoms with Crippen molar-refractivity contribution in [3.63, 3.8) is 0 Å². The Balaban J connectivity index is 1.63. The molecule has 1 aliphatic rings. The number of ether oxygens (including phenoxy) is 1. The van der Waals surface area contributed by atoms with Crippen molar-refractivity contribution in [1.29, 1.82) is 0 Å². The Labute approximate surface area is 157 Å². The van der Waals surface area contributed by atoms with Gasteiger partial charge in [0.1, 0.15) is 5.56 Å². The van der Waals surface area contributed by atoms with E-state index in [0.29, 0.717) is 43.1 Å². The molecular formula is C19H24N6O2. The van der Waals surface area contributed by atoms with Crippen molar-refractivity contribution < 1.29 is 9.53 Å². The van der Waals surface area contributed by atoms with Gasteiger partial charge in [-0.25, -0.2) is 9.50 Å². The summed E-state index contributed by atoms with van der Waals surface area (Å²) < 4.78 is 9.53. The number of carbonyl (C=O) groups excluding carboxylic acids is 1. The molecule has 0 N–H and O–H groups in total. The van der Waals surface area contributed by atoms with E-state index in [1.807, 2.05) is 48.7 Å². The number of nitrogens with zero attached hydrogens (tertiary/aromatic N) is 6. The first-order valence-electron chi connectivity index (χ1n) is 9.25. The van der Waals surface area contributed by atoms with Crippen LogP contribution in [0.1, 0.15) is 33.9 Å². The number of aromatic nitrogens is 5. The van der Waals surface area contributed by atoms with E-state index in [9.17, 15) is 4.79 Å². The van der Waals surface area contributed by atoms with Crippen molar-refractivity contribution in [3.8, 4) is 0 Å². The molecule has 0 unspecified atom stereocenters. The standard InChI is InChI=1S/C19H24N6O2/c1-13-10-14(2)25-18(21-13)17(15(3)22-25)19(26)23-7-5-9-27-16(11-23)12-24-8-4-6-20-24/h4,6,8,10,16H,5,7,9,11-12H2,1-3H3/t16-/m1/s1. The van der Waals surface area contributed by atoms with Gasteiger partial charge >= 0.3 is 0 Å². The van der Waals surface area contributed by atoms with E-state index in [2.05, 4.69) is 15.2 Å². The van der Waals surface area contributed by atoms with Gasteiger partial charge in [0.15, 0.2) is 5.65 Å². The largest absolute Gasteiger partial charge is 0.374 e. The molecule has 142 valence electrons. The van der Waals surface area contributed by atoms with Gasteiger partial charge in [-0.05, 0) is 39.3 Å². The maximum absolute atomic E-state index is 13.4. The third-order valence-electron chi connectivity index (χ3n) is 4.87. The SMILES string of the molecule is Cc1cc(C)n2nc(C)c(C(=O)N3CCCO[C@@H](Cn4cccn4)C3)c2n1. The van der Waals surface area contributed by atoms with Crippen molar-refractivity contribution in [3.05, 3.63) is 47.2 Å². The van der Waals surface area contributed by atoms with Crippen molar-refractivity contribution in [2.45, 2.75) is 39.8 Å². The highest BCUT2D eigenvalue weighted by Gasteiger charge is 2.28. The molecule has 1 atom stereocenters. The third kappa shape index (κ3) is 3.44. The molecule has 4 rings (SSSR count). The lowest BCUT2D eigenvalue weighted by atomic mass is 10.2. The Hall–Kier alpha value is -2.74. The van der Waals surface area contributed by atoms with Crippen LogP contribution in [-0.2, 0) is 11.3 Å². The van der Waals surface area contributed by atoms with Crippen LogP contribution in [0, 0.1) is 20.8 Å². The predicted octanol–water partition coefficient (Wildman–Crippen LogP) is 1.78. The van der Waals surface area contributed by atoms with E-state index >= 15 is 0 Å². The average Bonchev–Trinajstić information content (AvgIpc) is 3.16. The number of rotatable bonds is 3. The molecule has 0 spiro atoms. The molecule has 1 fully saturated rings. The molecule has 0 aliphatic carbocycles. The van der Waals surface area contributed by atoms with Crippen LogP contribution in [0.25, 0.3) is 5.65 Å². The van der Waals surface area contributed by atoms with E-state index in [-0.39, 0.29) is 12.0 Å². The molecule has 4 heterocycles. The fourth-order valence-electron chi connectivity index (χ4n) is 3.64. The monoisotopic (exact) mass is 368 g/mol. The van der Waals surface area contributed by atoms with Gasteiger partial charge in [-0.15, -0.1) is 0 Å². The molecule has 1 aliphatic heterocycles. The molecule has 27 heavy (non-hydrogen) atoms. The van der Waals surface area contributed by atoms with Crippen molar-refractivity contribution in [1.82, 2.24) is 29.3 Å². The summed E-state index contributed by atoms with van der Waals surface area (Å²) in [5.41, 5.74) is 3.76. The summed E-state index contributed by atoms with van der Waals surface area (Å²) >= 11 is 0. The highest BCUT2D eigenvalue weighted by Crippen LogP contribution is 2.20. The van der Waals surface area contributed by atoms with E-state index in [1.165, 1.54) is 0 Å². The summed E-state index contributed by atoms with van der Waals surface area (Å²) in [4.78, 5) is 19.8. The quantitative estimate of drug-likeness (QED) is 0.704. The second-order valence-corrected chi connectivity index (χ2v) is 7.06. The van der Waals surface area contributed by atoms with Crippen molar-refractivity contribution in [2.24, 2.45) is 0 Å². The number of amides is 1. The van der Waals surface area contributed by atoms with E-state index in [1.54, 1.807) is 10.7 Å². The molecule has 0 saturated carbocycles. The molecule has 8 nitrogen and oxygen atoms in total. The number of fused-ring (bicyclic) bond motifs is 1. The van der Waals surface area contributed by atoms with Gasteiger partial charge < -0.3 is 9.64 Å². The Bertz CT molecular complexity index is 962. The van der Waals surface area contributed by atoms with E-state index in [0.717, 1.165) is 17.8 Å². The second-order valence-electron chi connectivity index (χ2n) is 7.06. The van der Waals surface area contributed by atoms with Gasteiger partial charge in [0.25, 0.3) is 5.91 Å². The summed E-state index contributed by atoms with van der Waals surface area (Å²) in [6.45, 7) is 8.23. The second kappa shape index (κ2) is 7.11. The fourth-order valence-corrected chi connectivity index (χ4v) is 3.64. The highest BCUT2D eigenvalue weighted by atomic mass is 16.5. The fraction of sp³-hybridized carbons (Fsp3) is 0.474. The third-order valence-corrected chi connectivity index (χ3v) is 4.87. The zero-order valence-electron chi connectivity index (χ0n) is 15.9. The minimum atomic E-state index is -0.0880. The molecule has 3 aromatic heterocycles. The molecule has 1 amide bonds. The topological polar surface area (TPSA) is 77.5 Å². The summed E-state index contributed by atoms with van der Waals surface area (Å²) in [6, 6.07) is 3.85. The smallest absolute Gasteiger partial charge is 0.259 e. The molecular weight excluding hydrogens is 344 g/mol. The molecule has 0 aromatic carbocycles. The lowest BCUT2D eigenvalue weighted by molar-refractivity contribution is 0.0367. The van der Waals surface area contributed by atoms with Gasteiger partial charge in [-0.1, -0.05) is 0 Å². The maximum Gasteiger partial charge on any atom is 0.259 e. The summed E-state index contributed by atoms with van der Waals surface area (Å²) in [5, 5.41) is 8.78. The normalized spacial score (nSPS) is 18.0. The number of hydrogen-bond acceptors (Lipinski definition) is 5. The number of aryl methyl sites for hydroxylation is 3. The summed E-state index contributed by atoms with van der Waals surface area (Å²) in [7, 11) is 0. The predicted molar refractivity (Wildman–Crippen MR) is 99.7 cm³/mol. The average molecular weight is 368 g/mol. The van der Waals surface area contributed by atoms with Crippen LogP contribution in [0.4, 0.5) is 0 Å². The first-order chi connectivity index (χ1) is 13.0. The molecule has 3 aromatic rings. The van der Waals surface area contributed by atoms with E-state index in [4.69, 9.17) is 4.74 Å². The number of hydrogen-bond donors (Lipinski definition) is 0. The van der Waals surface area contributed by atoms with Gasteiger partial charge in [0, 0.05) is 43.5 Å². The van der Waals surface area contributed by atoms with Gasteiger partial charge in [-0.3, -0.25) is 9.48 Å². The Kier molecular flexibility index (Phi) is 4.65. The van der Waals surface area contributed by atoms with Gasteiger partial charge in [0.05, 0.1) is 18.3 Å². The Morgan fingerprint density at radius 1 is 1.33 bits per heavy atom. The molecule has 0 radical (unpaired) electrons. The summed E-state index contributed by atoms with van der Waals surface area (Å²) in [5.74, 6) is -0.0315. The highest BCUT2D eigenvalue weighted by molar-refractivity contribution is 6.01. The van der Waals surface area contributed by atoms with E-state index < -0.39 is 0 Å². The Morgan fingerprint density at radius 2 is 2.19 bits per heavy atom. The maximum atomic E-state index is 13.4. The van der Waals surface area contributed by atoms with Crippen LogP contribution in [-0.4, -0.2) is 61.0 Å². The van der Waals surface area contributed by atoms with Crippen LogP contribution < -0.4 is 0 Å². The molecule has 0 bridgehead atoms.